The third-order valence-corrected chi connectivity index (χ3v) is 17.5. The van der Waals surface area contributed by atoms with E-state index in [1.807, 2.05) is 0 Å². The Morgan fingerprint density at radius 1 is 0.267 bits per heavy atom. The lowest BCUT2D eigenvalue weighted by molar-refractivity contribution is 0.660. The van der Waals surface area contributed by atoms with Gasteiger partial charge in [0.25, 0.3) is 0 Å². The quantitative estimate of drug-likeness (QED) is 0.155. The van der Waals surface area contributed by atoms with Crippen molar-refractivity contribution in [1.82, 2.24) is 0 Å². The molecule has 3 aliphatic carbocycles. The molecule has 0 unspecified atom stereocenters. The predicted octanol–water partition coefficient (Wildman–Crippen LogP) is 19.8. The first-order valence-corrected chi connectivity index (χ1v) is 26.4. The molecule has 16 rings (SSSR count). The Labute approximate surface area is 437 Å². The Morgan fingerprint density at radius 2 is 0.720 bits per heavy atom. The van der Waals surface area contributed by atoms with E-state index >= 15 is 0 Å². The van der Waals surface area contributed by atoms with Crippen LogP contribution in [0.15, 0.2) is 261 Å². The molecular weight excluding hydrogens is 903 g/mol. The van der Waals surface area contributed by atoms with Crippen molar-refractivity contribution in [2.24, 2.45) is 0 Å². The smallest absolute Gasteiger partial charge is 0.0726 e. The first kappa shape index (κ1) is 42.2. The van der Waals surface area contributed by atoms with Crippen LogP contribution in [0.25, 0.3) is 98.7 Å². The van der Waals surface area contributed by atoms with E-state index < -0.39 is 5.41 Å². The fourth-order valence-electron chi connectivity index (χ4n) is 14.2. The highest BCUT2D eigenvalue weighted by atomic mass is 15.1. The Kier molecular flexibility index (Phi) is 8.79. The van der Waals surface area contributed by atoms with Crippen molar-refractivity contribution < 1.29 is 0 Å². The largest absolute Gasteiger partial charge is 0.309 e. The molecule has 0 saturated carbocycles. The van der Waals surface area contributed by atoms with Gasteiger partial charge in [-0.3, -0.25) is 0 Å². The Balaban J connectivity index is 1.04. The average molecular weight is 952 g/mol. The van der Waals surface area contributed by atoms with Gasteiger partial charge in [0.1, 0.15) is 0 Å². The van der Waals surface area contributed by atoms with Gasteiger partial charge in [0.2, 0.25) is 0 Å². The Hall–Kier alpha value is -9.30. The molecule has 3 aliphatic rings. The molecule has 0 atom stereocenters. The molecule has 0 heterocycles. The first-order valence-electron chi connectivity index (χ1n) is 26.4. The van der Waals surface area contributed by atoms with E-state index in [0.717, 1.165) is 16.9 Å². The average Bonchev–Trinajstić information content (AvgIpc) is 4.24. The molecule has 13 aromatic carbocycles. The maximum absolute atomic E-state index is 2.64. The maximum atomic E-state index is 2.64. The van der Waals surface area contributed by atoms with Gasteiger partial charge in [-0.25, -0.2) is 0 Å². The number of anilines is 3. The molecule has 1 spiro atoms. The van der Waals surface area contributed by atoms with E-state index in [4.69, 9.17) is 0 Å². The lowest BCUT2D eigenvalue weighted by Gasteiger charge is -2.34. The number of hydrogen-bond donors (Lipinski definition) is 0. The van der Waals surface area contributed by atoms with Crippen molar-refractivity contribution in [3.05, 3.63) is 294 Å². The van der Waals surface area contributed by atoms with Crippen LogP contribution in [0, 0.1) is 0 Å². The van der Waals surface area contributed by atoms with Crippen LogP contribution in [0.2, 0.25) is 0 Å². The molecule has 1 nitrogen and oxygen atoms in total. The number of rotatable bonds is 5. The predicted molar refractivity (Wildman–Crippen MR) is 316 cm³/mol. The molecule has 1 heteroatoms. The molecule has 0 bridgehead atoms. The molecule has 350 valence electrons. The molecule has 0 radical (unpaired) electrons. The highest BCUT2D eigenvalue weighted by Crippen LogP contribution is 2.65. The van der Waals surface area contributed by atoms with Crippen molar-refractivity contribution in [3.63, 3.8) is 0 Å². The summed E-state index contributed by atoms with van der Waals surface area (Å²) in [6.45, 7) is 4.79. The van der Waals surface area contributed by atoms with Gasteiger partial charge in [-0.05, 0) is 151 Å². The van der Waals surface area contributed by atoms with E-state index in [2.05, 4.69) is 280 Å². The second-order valence-electron chi connectivity index (χ2n) is 21.4. The molecule has 0 fully saturated rings. The number of nitrogens with zero attached hydrogens (tertiary/aromatic N) is 1. The lowest BCUT2D eigenvalue weighted by Crippen LogP contribution is -2.26. The van der Waals surface area contributed by atoms with Crippen LogP contribution >= 0.6 is 0 Å². The van der Waals surface area contributed by atoms with E-state index in [9.17, 15) is 0 Å². The van der Waals surface area contributed by atoms with E-state index in [-0.39, 0.29) is 5.41 Å². The minimum Gasteiger partial charge on any atom is -0.309 e. The normalized spacial score (nSPS) is 13.9. The Bertz CT molecular complexity index is 4480. The van der Waals surface area contributed by atoms with Gasteiger partial charge in [0.05, 0.1) is 16.8 Å². The summed E-state index contributed by atoms with van der Waals surface area (Å²) in [6.07, 6.45) is 0. The van der Waals surface area contributed by atoms with Crippen LogP contribution in [0.4, 0.5) is 17.1 Å². The lowest BCUT2D eigenvalue weighted by atomic mass is 9.70. The molecule has 0 amide bonds. The van der Waals surface area contributed by atoms with Crippen molar-refractivity contribution >= 4 is 60.2 Å². The van der Waals surface area contributed by atoms with Crippen LogP contribution in [-0.2, 0) is 10.8 Å². The fraction of sp³-hybridized carbons (Fsp3) is 0.0541. The van der Waals surface area contributed by atoms with Crippen LogP contribution < -0.4 is 4.90 Å². The van der Waals surface area contributed by atoms with Crippen LogP contribution in [0.5, 0.6) is 0 Å². The zero-order valence-corrected chi connectivity index (χ0v) is 41.8. The molecule has 75 heavy (non-hydrogen) atoms. The third kappa shape index (κ3) is 5.73. The summed E-state index contributed by atoms with van der Waals surface area (Å²) in [6, 6.07) is 98.8. The summed E-state index contributed by atoms with van der Waals surface area (Å²) in [7, 11) is 0. The second-order valence-corrected chi connectivity index (χ2v) is 21.4. The SMILES string of the molecule is CC1(C)c2ccccc2-c2c(N(c3ccc4c5ccccc5c5ccccc5c4c3)c3cc4c(cc3-c3ccc(-c5cccc6ccccc56)cc3)-c3ccccc3C43c4ccccc4-c4ccccc43)cccc21. The highest BCUT2D eigenvalue weighted by molar-refractivity contribution is 6.26. The minimum absolute atomic E-state index is 0.201. The van der Waals surface area contributed by atoms with Gasteiger partial charge in [0, 0.05) is 22.2 Å². The summed E-state index contributed by atoms with van der Waals surface area (Å²) in [5, 5.41) is 10.1. The standard InChI is InChI=1S/C74H49N/c1-73(2)64-31-13-12-29-60(64)72-68(73)35-18-36-70(72)75(49-41-42-56-54-24-6-5-22-52(54)53-23-7-8-25-55(53)62(56)43-49)71-45-69-63(44-61(71)48-39-37-47(38-40-48)51-30-17-20-46-19-3-4-21-50(46)51)59-28-11-16-34-67(59)74(69)65-32-14-9-26-57(65)58-27-10-15-33-66(58)74/h3-45H,1-2H3. The van der Waals surface area contributed by atoms with Crippen molar-refractivity contribution in [3.8, 4) is 55.6 Å². The zero-order chi connectivity index (χ0) is 49.6. The number of hydrogen-bond acceptors (Lipinski definition) is 1. The summed E-state index contributed by atoms with van der Waals surface area (Å²) >= 11 is 0. The highest BCUT2D eigenvalue weighted by Gasteiger charge is 2.52. The monoisotopic (exact) mass is 951 g/mol. The summed E-state index contributed by atoms with van der Waals surface area (Å²) < 4.78 is 0. The van der Waals surface area contributed by atoms with Gasteiger partial charge in [0.15, 0.2) is 0 Å². The number of benzene rings is 13. The van der Waals surface area contributed by atoms with Crippen molar-refractivity contribution in [1.29, 1.82) is 0 Å². The zero-order valence-electron chi connectivity index (χ0n) is 41.8. The van der Waals surface area contributed by atoms with Gasteiger partial charge in [-0.1, -0.05) is 244 Å². The van der Waals surface area contributed by atoms with Crippen LogP contribution in [0.1, 0.15) is 47.2 Å². The van der Waals surface area contributed by atoms with Gasteiger partial charge >= 0.3 is 0 Å². The van der Waals surface area contributed by atoms with Gasteiger partial charge in [-0.15, -0.1) is 0 Å². The molecule has 0 N–H and O–H groups in total. The fourth-order valence-corrected chi connectivity index (χ4v) is 14.2. The van der Waals surface area contributed by atoms with Gasteiger partial charge < -0.3 is 4.90 Å². The molecule has 0 aliphatic heterocycles. The summed E-state index contributed by atoms with van der Waals surface area (Å²) in [5.41, 5.74) is 23.2. The van der Waals surface area contributed by atoms with Crippen LogP contribution in [-0.4, -0.2) is 0 Å². The maximum Gasteiger partial charge on any atom is 0.0726 e. The van der Waals surface area contributed by atoms with Crippen molar-refractivity contribution in [2.45, 2.75) is 24.7 Å². The van der Waals surface area contributed by atoms with E-state index in [0.29, 0.717) is 0 Å². The van der Waals surface area contributed by atoms with Gasteiger partial charge in [-0.2, -0.15) is 0 Å². The molecule has 13 aromatic rings. The number of fused-ring (bicyclic) bond motifs is 20. The topological polar surface area (TPSA) is 3.24 Å². The first-order chi connectivity index (χ1) is 37.0. The summed E-state index contributed by atoms with van der Waals surface area (Å²) in [4.78, 5) is 2.64. The van der Waals surface area contributed by atoms with Crippen molar-refractivity contribution in [2.75, 3.05) is 4.90 Å². The molecule has 0 aromatic heterocycles. The second kappa shape index (κ2) is 15.6. The third-order valence-electron chi connectivity index (χ3n) is 17.5. The molecular formula is C74H49N. The molecule has 0 saturated heterocycles. The van der Waals surface area contributed by atoms with E-state index in [1.54, 1.807) is 0 Å². The minimum atomic E-state index is -0.540. The Morgan fingerprint density at radius 3 is 1.36 bits per heavy atom. The summed E-state index contributed by atoms with van der Waals surface area (Å²) in [5.74, 6) is 0. The van der Waals surface area contributed by atoms with E-state index in [1.165, 1.54) is 132 Å². The van der Waals surface area contributed by atoms with Crippen LogP contribution in [0.3, 0.4) is 0 Å².